The number of amides is 1. The van der Waals surface area contributed by atoms with Crippen LogP contribution in [-0.4, -0.2) is 60.0 Å². The molecule has 3 aromatic carbocycles. The van der Waals surface area contributed by atoms with E-state index < -0.39 is 5.97 Å². The molecule has 7 heteroatoms. The number of hydrogen-bond donors (Lipinski definition) is 3. The highest BCUT2D eigenvalue weighted by Crippen LogP contribution is 2.38. The second-order valence-electron chi connectivity index (χ2n) is 9.04. The molecule has 35 heavy (non-hydrogen) atoms. The lowest BCUT2D eigenvalue weighted by Crippen LogP contribution is -2.43. The molecule has 0 spiro atoms. The van der Waals surface area contributed by atoms with Gasteiger partial charge in [0.1, 0.15) is 0 Å². The number of carbonyl (C=O) groups is 2. The molecule has 0 bridgehead atoms. The number of piperazine rings is 1. The highest BCUT2D eigenvalue weighted by Gasteiger charge is 2.29. The van der Waals surface area contributed by atoms with Gasteiger partial charge in [-0.2, -0.15) is 0 Å². The molecule has 0 aliphatic carbocycles. The van der Waals surface area contributed by atoms with Crippen molar-refractivity contribution < 1.29 is 14.7 Å². The van der Waals surface area contributed by atoms with E-state index in [0.29, 0.717) is 22.5 Å². The maximum atomic E-state index is 13.1. The van der Waals surface area contributed by atoms with E-state index in [1.807, 2.05) is 42.5 Å². The van der Waals surface area contributed by atoms with Crippen LogP contribution in [0.4, 0.5) is 11.4 Å². The molecular weight excluding hydrogens is 440 g/mol. The Hall–Kier alpha value is -3.94. The van der Waals surface area contributed by atoms with Gasteiger partial charge < -0.3 is 20.6 Å². The SMILES string of the molecule is CN1CCN(Cc2ccc(N/C(=C3\C(=O)Nc4ccc(C(=O)O)cc43)c3ccccc3)cc2)CC1. The molecule has 1 saturated heterocycles. The van der Waals surface area contributed by atoms with Gasteiger partial charge in [0.2, 0.25) is 0 Å². The summed E-state index contributed by atoms with van der Waals surface area (Å²) in [5.41, 5.74) is 5.32. The van der Waals surface area contributed by atoms with Crippen LogP contribution in [0.3, 0.4) is 0 Å². The zero-order valence-corrected chi connectivity index (χ0v) is 19.6. The third kappa shape index (κ3) is 4.96. The van der Waals surface area contributed by atoms with Gasteiger partial charge >= 0.3 is 5.97 Å². The van der Waals surface area contributed by atoms with Crippen LogP contribution in [-0.2, 0) is 11.3 Å². The standard InChI is InChI=1S/C28H28N4O3/c1-31-13-15-32(16-14-31)18-19-7-10-22(11-8-19)29-26(20-5-3-2-4-6-20)25-23-17-21(28(34)35)9-12-24(23)30-27(25)33/h2-12,17,29H,13-16,18H2,1H3,(H,30,33)(H,34,35)/b26-25-. The number of nitrogens with one attached hydrogen (secondary N) is 2. The summed E-state index contributed by atoms with van der Waals surface area (Å²) >= 11 is 0. The van der Waals surface area contributed by atoms with Crippen molar-refractivity contribution in [1.29, 1.82) is 0 Å². The second-order valence-corrected chi connectivity index (χ2v) is 9.04. The Labute approximate surface area is 204 Å². The number of carboxylic acid groups (broad SMARTS) is 1. The maximum absolute atomic E-state index is 13.1. The first-order chi connectivity index (χ1) is 17.0. The minimum atomic E-state index is -1.03. The summed E-state index contributed by atoms with van der Waals surface area (Å²) in [7, 11) is 2.15. The third-order valence-electron chi connectivity index (χ3n) is 6.55. The molecule has 1 amide bonds. The lowest BCUT2D eigenvalue weighted by molar-refractivity contribution is -0.110. The quantitative estimate of drug-likeness (QED) is 0.473. The molecule has 0 radical (unpaired) electrons. The summed E-state index contributed by atoms with van der Waals surface area (Å²) in [4.78, 5) is 29.4. The topological polar surface area (TPSA) is 84.9 Å². The molecule has 2 heterocycles. The van der Waals surface area contributed by atoms with Gasteiger partial charge in [-0.25, -0.2) is 4.79 Å². The first-order valence-electron chi connectivity index (χ1n) is 11.7. The molecule has 0 atom stereocenters. The van der Waals surface area contributed by atoms with Crippen LogP contribution in [0.25, 0.3) is 11.3 Å². The van der Waals surface area contributed by atoms with Crippen LogP contribution >= 0.6 is 0 Å². The molecule has 3 aromatic rings. The zero-order chi connectivity index (χ0) is 24.4. The minimum absolute atomic E-state index is 0.137. The van der Waals surface area contributed by atoms with Crippen molar-refractivity contribution in [3.63, 3.8) is 0 Å². The van der Waals surface area contributed by atoms with E-state index in [1.54, 1.807) is 12.1 Å². The van der Waals surface area contributed by atoms with Gasteiger partial charge in [0.05, 0.1) is 16.8 Å². The molecule has 2 aliphatic rings. The summed E-state index contributed by atoms with van der Waals surface area (Å²) in [5, 5.41) is 15.8. The van der Waals surface area contributed by atoms with Crippen LogP contribution in [0, 0.1) is 0 Å². The molecule has 7 nitrogen and oxygen atoms in total. The molecule has 3 N–H and O–H groups in total. The van der Waals surface area contributed by atoms with Crippen LogP contribution in [0.1, 0.15) is 27.0 Å². The fraction of sp³-hybridized carbons (Fsp3) is 0.214. The number of anilines is 2. The normalized spacial score (nSPS) is 17.6. The zero-order valence-electron chi connectivity index (χ0n) is 19.6. The van der Waals surface area contributed by atoms with Crippen molar-refractivity contribution in [3.8, 4) is 0 Å². The molecule has 0 aromatic heterocycles. The van der Waals surface area contributed by atoms with Gasteiger partial charge in [-0.15, -0.1) is 0 Å². The van der Waals surface area contributed by atoms with Crippen LogP contribution < -0.4 is 10.6 Å². The van der Waals surface area contributed by atoms with Gasteiger partial charge in [-0.05, 0) is 48.5 Å². The monoisotopic (exact) mass is 468 g/mol. The van der Waals surface area contributed by atoms with Gasteiger partial charge in [-0.3, -0.25) is 9.69 Å². The molecule has 178 valence electrons. The van der Waals surface area contributed by atoms with Gasteiger partial charge in [0.15, 0.2) is 0 Å². The predicted molar refractivity (Wildman–Crippen MR) is 138 cm³/mol. The average molecular weight is 469 g/mol. The van der Waals surface area contributed by atoms with Crippen molar-refractivity contribution in [2.45, 2.75) is 6.54 Å². The number of nitrogens with zero attached hydrogens (tertiary/aromatic N) is 2. The molecular formula is C28H28N4O3. The van der Waals surface area contributed by atoms with Crippen molar-refractivity contribution in [2.24, 2.45) is 0 Å². The lowest BCUT2D eigenvalue weighted by atomic mass is 9.98. The van der Waals surface area contributed by atoms with Crippen molar-refractivity contribution >= 4 is 34.5 Å². The lowest BCUT2D eigenvalue weighted by Gasteiger charge is -2.32. The summed E-state index contributed by atoms with van der Waals surface area (Å²) in [6, 6.07) is 22.6. The van der Waals surface area contributed by atoms with Gasteiger partial charge in [0, 0.05) is 49.7 Å². The van der Waals surface area contributed by atoms with E-state index in [0.717, 1.165) is 44.0 Å². The number of fused-ring (bicyclic) bond motifs is 1. The second kappa shape index (κ2) is 9.74. The number of likely N-dealkylation sites (N-methyl/N-ethyl adjacent to an activating group) is 1. The summed E-state index contributed by atoms with van der Waals surface area (Å²) in [6.07, 6.45) is 0. The molecule has 0 unspecified atom stereocenters. The summed E-state index contributed by atoms with van der Waals surface area (Å²) < 4.78 is 0. The summed E-state index contributed by atoms with van der Waals surface area (Å²) in [6.45, 7) is 5.21. The summed E-state index contributed by atoms with van der Waals surface area (Å²) in [5.74, 6) is -1.29. The van der Waals surface area contributed by atoms with Crippen LogP contribution in [0.5, 0.6) is 0 Å². The van der Waals surface area contributed by atoms with E-state index in [1.165, 1.54) is 11.6 Å². The molecule has 1 fully saturated rings. The fourth-order valence-corrected chi connectivity index (χ4v) is 4.53. The van der Waals surface area contributed by atoms with E-state index in [4.69, 9.17) is 0 Å². The Kier molecular flexibility index (Phi) is 6.35. The van der Waals surface area contributed by atoms with Crippen molar-refractivity contribution in [1.82, 2.24) is 9.80 Å². The van der Waals surface area contributed by atoms with Crippen molar-refractivity contribution in [2.75, 3.05) is 43.9 Å². The number of aromatic carboxylic acids is 1. The van der Waals surface area contributed by atoms with Gasteiger partial charge in [-0.1, -0.05) is 42.5 Å². The number of benzene rings is 3. The largest absolute Gasteiger partial charge is 0.478 e. The molecule has 0 saturated carbocycles. The highest BCUT2D eigenvalue weighted by atomic mass is 16.4. The van der Waals surface area contributed by atoms with E-state index in [2.05, 4.69) is 39.6 Å². The predicted octanol–water partition coefficient (Wildman–Crippen LogP) is 4.06. The number of rotatable bonds is 6. The highest BCUT2D eigenvalue weighted by molar-refractivity contribution is 6.37. The Balaban J connectivity index is 1.47. The Bertz CT molecular complexity index is 1280. The maximum Gasteiger partial charge on any atom is 0.335 e. The Morgan fingerprint density at radius 1 is 0.943 bits per heavy atom. The molecule has 5 rings (SSSR count). The first kappa shape index (κ1) is 22.8. The third-order valence-corrected chi connectivity index (χ3v) is 6.55. The van der Waals surface area contributed by atoms with Crippen molar-refractivity contribution in [3.05, 3.63) is 95.1 Å². The van der Waals surface area contributed by atoms with E-state index in [-0.39, 0.29) is 11.5 Å². The van der Waals surface area contributed by atoms with Gasteiger partial charge in [0.25, 0.3) is 5.91 Å². The average Bonchev–Trinajstić information content (AvgIpc) is 3.20. The number of hydrogen-bond acceptors (Lipinski definition) is 5. The van der Waals surface area contributed by atoms with Crippen LogP contribution in [0.15, 0.2) is 72.8 Å². The number of carboxylic acids is 1. The van der Waals surface area contributed by atoms with E-state index >= 15 is 0 Å². The Morgan fingerprint density at radius 2 is 1.66 bits per heavy atom. The minimum Gasteiger partial charge on any atom is -0.478 e. The first-order valence-corrected chi connectivity index (χ1v) is 11.7. The van der Waals surface area contributed by atoms with Crippen LogP contribution in [0.2, 0.25) is 0 Å². The molecule has 2 aliphatic heterocycles. The fourth-order valence-electron chi connectivity index (χ4n) is 4.53. The Morgan fingerprint density at radius 3 is 2.34 bits per heavy atom. The number of carbonyl (C=O) groups excluding carboxylic acids is 1. The van der Waals surface area contributed by atoms with E-state index in [9.17, 15) is 14.7 Å². The smallest absolute Gasteiger partial charge is 0.335 e.